The summed E-state index contributed by atoms with van der Waals surface area (Å²) >= 11 is 0. The van der Waals surface area contributed by atoms with Crippen LogP contribution in [0.4, 0.5) is 15.9 Å². The average Bonchev–Trinajstić information content (AvgIpc) is 3.57. The Balaban J connectivity index is 1.29. The molecule has 2 aromatic carbocycles. The maximum absolute atomic E-state index is 14.5. The minimum absolute atomic E-state index is 0.246. The van der Waals surface area contributed by atoms with Crippen molar-refractivity contribution in [1.29, 1.82) is 0 Å². The van der Waals surface area contributed by atoms with Gasteiger partial charge in [-0.15, -0.1) is 0 Å². The zero-order valence-electron chi connectivity index (χ0n) is 21.1. The predicted molar refractivity (Wildman–Crippen MR) is 142 cm³/mol. The number of H-pyrrole nitrogens is 2. The summed E-state index contributed by atoms with van der Waals surface area (Å²) < 4.78 is 25.4. The van der Waals surface area contributed by atoms with Crippen LogP contribution < -0.4 is 10.1 Å². The van der Waals surface area contributed by atoms with Gasteiger partial charge in [0.25, 0.3) is 0 Å². The first-order valence-electron chi connectivity index (χ1n) is 12.3. The van der Waals surface area contributed by atoms with Gasteiger partial charge in [0.05, 0.1) is 48.8 Å². The summed E-state index contributed by atoms with van der Waals surface area (Å²) in [5.74, 6) is 1.24. The monoisotopic (exact) mass is 514 g/mol. The number of nitrogens with one attached hydrogen (secondary N) is 3. The van der Waals surface area contributed by atoms with Gasteiger partial charge in [-0.2, -0.15) is 5.10 Å². The van der Waals surface area contributed by atoms with E-state index in [1.165, 1.54) is 24.9 Å². The van der Waals surface area contributed by atoms with Crippen molar-refractivity contribution < 1.29 is 13.9 Å². The Morgan fingerprint density at radius 1 is 1.13 bits per heavy atom. The molecule has 4 heterocycles. The van der Waals surface area contributed by atoms with Crippen molar-refractivity contribution in [2.45, 2.75) is 13.5 Å². The number of anilines is 2. The summed E-state index contributed by atoms with van der Waals surface area (Å²) in [5, 5.41) is 10.6. The van der Waals surface area contributed by atoms with Gasteiger partial charge in [-0.05, 0) is 36.8 Å². The van der Waals surface area contributed by atoms with E-state index in [0.29, 0.717) is 34.3 Å². The number of methoxy groups -OCH3 is 1. The molecule has 0 bridgehead atoms. The van der Waals surface area contributed by atoms with Gasteiger partial charge >= 0.3 is 0 Å². The number of hydrogen-bond acceptors (Lipinski definition) is 8. The highest BCUT2D eigenvalue weighted by Crippen LogP contribution is 2.32. The number of aromatic nitrogens is 6. The lowest BCUT2D eigenvalue weighted by Gasteiger charge is -2.26. The van der Waals surface area contributed by atoms with Crippen molar-refractivity contribution in [3.05, 3.63) is 65.7 Å². The van der Waals surface area contributed by atoms with Crippen LogP contribution in [0.5, 0.6) is 5.75 Å². The highest BCUT2D eigenvalue weighted by Gasteiger charge is 2.18. The van der Waals surface area contributed by atoms with Gasteiger partial charge < -0.3 is 19.8 Å². The minimum atomic E-state index is -0.397. The Bertz CT molecular complexity index is 1590. The molecule has 38 heavy (non-hydrogen) atoms. The molecule has 0 aliphatic carbocycles. The topological polar surface area (TPSA) is 117 Å². The molecule has 0 spiro atoms. The van der Waals surface area contributed by atoms with Gasteiger partial charge in [-0.25, -0.2) is 19.3 Å². The molecule has 1 fully saturated rings. The highest BCUT2D eigenvalue weighted by molar-refractivity contribution is 5.83. The zero-order valence-corrected chi connectivity index (χ0v) is 21.1. The molecule has 1 aliphatic heterocycles. The van der Waals surface area contributed by atoms with Crippen molar-refractivity contribution in [3.8, 4) is 28.7 Å². The van der Waals surface area contributed by atoms with E-state index < -0.39 is 5.82 Å². The first-order chi connectivity index (χ1) is 18.6. The zero-order chi connectivity index (χ0) is 26.1. The Kier molecular flexibility index (Phi) is 6.44. The maximum atomic E-state index is 14.5. The van der Waals surface area contributed by atoms with Gasteiger partial charge in [-0.1, -0.05) is 17.7 Å². The number of ether oxygens (including phenoxy) is 2. The van der Waals surface area contributed by atoms with Crippen LogP contribution in [0, 0.1) is 12.7 Å². The molecular weight excluding hydrogens is 487 g/mol. The second kappa shape index (κ2) is 10.2. The van der Waals surface area contributed by atoms with Crippen LogP contribution >= 0.6 is 0 Å². The van der Waals surface area contributed by atoms with E-state index in [1.807, 2.05) is 13.0 Å². The number of aryl methyl sites for hydroxylation is 1. The van der Waals surface area contributed by atoms with E-state index in [2.05, 4.69) is 47.5 Å². The van der Waals surface area contributed by atoms with E-state index in [-0.39, 0.29) is 5.82 Å². The maximum Gasteiger partial charge on any atom is 0.179 e. The molecule has 1 saturated heterocycles. The number of aromatic amines is 2. The molecule has 0 radical (unpaired) electrons. The summed E-state index contributed by atoms with van der Waals surface area (Å²) in [7, 11) is 1.53. The Labute approximate surface area is 218 Å². The highest BCUT2D eigenvalue weighted by atomic mass is 19.1. The van der Waals surface area contributed by atoms with Crippen molar-refractivity contribution in [3.63, 3.8) is 0 Å². The molecule has 3 aromatic heterocycles. The fourth-order valence-electron chi connectivity index (χ4n) is 4.52. The second-order valence-corrected chi connectivity index (χ2v) is 9.19. The first kappa shape index (κ1) is 24.0. The number of hydrogen-bond donors (Lipinski definition) is 3. The lowest BCUT2D eigenvalue weighted by atomic mass is 10.1. The molecule has 0 atom stereocenters. The first-order valence-corrected chi connectivity index (χ1v) is 12.3. The molecule has 10 nitrogen and oxygen atoms in total. The molecule has 11 heteroatoms. The van der Waals surface area contributed by atoms with Crippen molar-refractivity contribution in [1.82, 2.24) is 35.0 Å². The van der Waals surface area contributed by atoms with Crippen LogP contribution in [-0.2, 0) is 11.3 Å². The van der Waals surface area contributed by atoms with Gasteiger partial charge in [0.2, 0.25) is 0 Å². The second-order valence-electron chi connectivity index (χ2n) is 9.19. The fourth-order valence-corrected chi connectivity index (χ4v) is 4.52. The van der Waals surface area contributed by atoms with E-state index in [0.717, 1.165) is 49.4 Å². The van der Waals surface area contributed by atoms with Gasteiger partial charge in [0.1, 0.15) is 5.82 Å². The summed E-state index contributed by atoms with van der Waals surface area (Å²) in [5.41, 5.74) is 5.40. The third kappa shape index (κ3) is 4.81. The Morgan fingerprint density at radius 2 is 2.00 bits per heavy atom. The molecule has 6 rings (SSSR count). The molecule has 0 saturated carbocycles. The number of benzene rings is 2. The number of imidazole rings is 1. The predicted octanol–water partition coefficient (Wildman–Crippen LogP) is 4.44. The van der Waals surface area contributed by atoms with E-state index >= 15 is 0 Å². The number of rotatable bonds is 7. The third-order valence-corrected chi connectivity index (χ3v) is 6.51. The quantitative estimate of drug-likeness (QED) is 0.292. The van der Waals surface area contributed by atoms with Crippen LogP contribution in [0.15, 0.2) is 48.8 Å². The normalized spacial score (nSPS) is 14.2. The Morgan fingerprint density at radius 3 is 2.84 bits per heavy atom. The van der Waals surface area contributed by atoms with Crippen molar-refractivity contribution >= 4 is 22.5 Å². The third-order valence-electron chi connectivity index (χ3n) is 6.51. The van der Waals surface area contributed by atoms with E-state index in [9.17, 15) is 4.39 Å². The average molecular weight is 515 g/mol. The largest absolute Gasteiger partial charge is 0.491 e. The van der Waals surface area contributed by atoms with Gasteiger partial charge in [0, 0.05) is 25.8 Å². The summed E-state index contributed by atoms with van der Waals surface area (Å²) in [4.78, 5) is 19.4. The lowest BCUT2D eigenvalue weighted by molar-refractivity contribution is 0.0342. The summed E-state index contributed by atoms with van der Waals surface area (Å²) in [6.45, 7) is 6.13. The molecule has 1 aliphatic rings. The van der Waals surface area contributed by atoms with Crippen LogP contribution in [0.2, 0.25) is 0 Å². The lowest BCUT2D eigenvalue weighted by Crippen LogP contribution is -2.35. The van der Waals surface area contributed by atoms with Crippen molar-refractivity contribution in [2.75, 3.05) is 38.7 Å². The standard InChI is InChI=1S/C27H27FN8O2/c1-16-3-5-19(28)18(11-16)25-29-14-23(37-2)26(34-25)33-22-13-30-35-24(22)27-31-20-6-4-17(12-21(20)32-27)15-36-7-9-38-10-8-36/h3-6,11-14H,7-10,15H2,1-2H3,(H,30,35)(H,31,32)(H,29,33,34). The number of fused-ring (bicyclic) bond motifs is 1. The molecule has 0 unspecified atom stereocenters. The number of morpholine rings is 1. The number of nitrogens with zero attached hydrogens (tertiary/aromatic N) is 5. The SMILES string of the molecule is COc1cnc(-c2cc(C)ccc2F)nc1Nc1c[nH]nc1-c1nc2cc(CN3CCOCC3)ccc2[nH]1. The van der Waals surface area contributed by atoms with E-state index in [1.54, 1.807) is 18.3 Å². The molecule has 0 amide bonds. The van der Waals surface area contributed by atoms with Gasteiger partial charge in [-0.3, -0.25) is 10.00 Å². The molecular formula is C27H27FN8O2. The van der Waals surface area contributed by atoms with Crippen LogP contribution in [0.25, 0.3) is 33.9 Å². The smallest absolute Gasteiger partial charge is 0.179 e. The summed E-state index contributed by atoms with van der Waals surface area (Å²) in [6, 6.07) is 11.1. The number of halogens is 1. The Hall–Kier alpha value is -4.35. The van der Waals surface area contributed by atoms with E-state index in [4.69, 9.17) is 14.5 Å². The van der Waals surface area contributed by atoms with Crippen LogP contribution in [0.1, 0.15) is 11.1 Å². The molecule has 3 N–H and O–H groups in total. The van der Waals surface area contributed by atoms with Crippen LogP contribution in [-0.4, -0.2) is 68.4 Å². The fraction of sp³-hybridized carbons (Fsp3) is 0.259. The minimum Gasteiger partial charge on any atom is -0.491 e. The molecule has 5 aromatic rings. The molecule has 194 valence electrons. The summed E-state index contributed by atoms with van der Waals surface area (Å²) in [6.07, 6.45) is 3.23. The van der Waals surface area contributed by atoms with Gasteiger partial charge in [0.15, 0.2) is 28.9 Å². The van der Waals surface area contributed by atoms with Crippen molar-refractivity contribution in [2.24, 2.45) is 0 Å². The van der Waals surface area contributed by atoms with Crippen LogP contribution in [0.3, 0.4) is 0 Å².